The number of carbonyl (C=O) groups is 2. The minimum Gasteiger partial charge on any atom is -0.478 e. The van der Waals surface area contributed by atoms with Gasteiger partial charge in [-0.05, 0) is 18.6 Å². The smallest absolute Gasteiger partial charge is 0.351 e. The third kappa shape index (κ3) is 2.22. The molecule has 6 heteroatoms. The van der Waals surface area contributed by atoms with Crippen LogP contribution < -0.4 is 5.32 Å². The van der Waals surface area contributed by atoms with E-state index in [1.807, 2.05) is 6.19 Å². The summed E-state index contributed by atoms with van der Waals surface area (Å²) in [5, 5.41) is 20.8. The van der Waals surface area contributed by atoms with Gasteiger partial charge in [0.05, 0.1) is 0 Å². The van der Waals surface area contributed by atoms with E-state index < -0.39 is 17.5 Å². The normalized spacial score (nSPS) is 21.7. The van der Waals surface area contributed by atoms with Crippen molar-refractivity contribution in [2.45, 2.75) is 18.5 Å². The van der Waals surface area contributed by atoms with Crippen LogP contribution in [0.4, 0.5) is 0 Å². The highest BCUT2D eigenvalue weighted by Gasteiger charge is 2.49. The van der Waals surface area contributed by atoms with Gasteiger partial charge in [0.2, 0.25) is 5.66 Å². The predicted molar refractivity (Wildman–Crippen MR) is 65.8 cm³/mol. The first kappa shape index (κ1) is 12.9. The van der Waals surface area contributed by atoms with E-state index in [4.69, 9.17) is 5.26 Å². The van der Waals surface area contributed by atoms with Crippen molar-refractivity contribution in [3.05, 3.63) is 35.9 Å². The van der Waals surface area contributed by atoms with Gasteiger partial charge in [0, 0.05) is 18.5 Å². The van der Waals surface area contributed by atoms with E-state index in [-0.39, 0.29) is 6.42 Å². The van der Waals surface area contributed by atoms with E-state index in [0.717, 1.165) is 4.90 Å². The number of nitrogens with zero attached hydrogens (tertiary/aromatic N) is 2. The molecular weight excluding hydrogens is 246 g/mol. The molecule has 0 spiro atoms. The minimum absolute atomic E-state index is 0.217. The molecule has 1 atom stereocenters. The Kier molecular flexibility index (Phi) is 3.38. The lowest BCUT2D eigenvalue weighted by atomic mass is 10.1. The van der Waals surface area contributed by atoms with Crippen molar-refractivity contribution in [3.63, 3.8) is 0 Å². The SMILES string of the molecule is N#CN1CCC[C@@]1(NC(=O)c1ccccc1)C(=O)O. The summed E-state index contributed by atoms with van der Waals surface area (Å²) in [6.07, 6.45) is 2.60. The first-order valence-electron chi connectivity index (χ1n) is 5.88. The van der Waals surface area contributed by atoms with Gasteiger partial charge in [0.1, 0.15) is 0 Å². The monoisotopic (exact) mass is 259 g/mol. The Bertz CT molecular complexity index is 538. The van der Waals surface area contributed by atoms with Gasteiger partial charge in [-0.2, -0.15) is 5.26 Å². The van der Waals surface area contributed by atoms with Crippen molar-refractivity contribution in [3.8, 4) is 6.19 Å². The molecule has 1 fully saturated rings. The second kappa shape index (κ2) is 4.98. The maximum absolute atomic E-state index is 12.1. The number of likely N-dealkylation sites (tertiary alicyclic amines) is 1. The third-order valence-corrected chi connectivity index (χ3v) is 3.21. The maximum Gasteiger partial charge on any atom is 0.351 e. The van der Waals surface area contributed by atoms with Crippen LogP contribution >= 0.6 is 0 Å². The van der Waals surface area contributed by atoms with Gasteiger partial charge < -0.3 is 10.4 Å². The molecule has 0 aliphatic carbocycles. The van der Waals surface area contributed by atoms with E-state index in [0.29, 0.717) is 18.5 Å². The van der Waals surface area contributed by atoms with Crippen LogP contribution in [-0.4, -0.2) is 34.1 Å². The number of amides is 1. The number of benzene rings is 1. The molecule has 98 valence electrons. The number of carboxylic acids is 1. The highest BCUT2D eigenvalue weighted by atomic mass is 16.4. The molecule has 0 saturated carbocycles. The summed E-state index contributed by atoms with van der Waals surface area (Å²) in [6, 6.07) is 8.34. The van der Waals surface area contributed by atoms with Gasteiger partial charge in [-0.3, -0.25) is 9.69 Å². The molecule has 1 saturated heterocycles. The number of nitrogens with one attached hydrogen (secondary N) is 1. The van der Waals surface area contributed by atoms with Crippen molar-refractivity contribution < 1.29 is 14.7 Å². The molecule has 1 aromatic carbocycles. The molecule has 1 aromatic rings. The first-order chi connectivity index (χ1) is 9.10. The van der Waals surface area contributed by atoms with Crippen molar-refractivity contribution in [2.24, 2.45) is 0 Å². The van der Waals surface area contributed by atoms with E-state index in [1.165, 1.54) is 0 Å². The van der Waals surface area contributed by atoms with Crippen LogP contribution in [0.25, 0.3) is 0 Å². The van der Waals surface area contributed by atoms with Crippen LogP contribution in [0.15, 0.2) is 30.3 Å². The van der Waals surface area contributed by atoms with Gasteiger partial charge in [0.15, 0.2) is 6.19 Å². The topological polar surface area (TPSA) is 93.4 Å². The minimum atomic E-state index is -1.62. The summed E-state index contributed by atoms with van der Waals surface area (Å²) in [7, 11) is 0. The number of hydrogen-bond donors (Lipinski definition) is 2. The number of aliphatic carboxylic acids is 1. The number of hydrogen-bond acceptors (Lipinski definition) is 4. The lowest BCUT2D eigenvalue weighted by molar-refractivity contribution is -0.149. The lowest BCUT2D eigenvalue weighted by Gasteiger charge is -2.31. The highest BCUT2D eigenvalue weighted by Crippen LogP contribution is 2.26. The molecule has 19 heavy (non-hydrogen) atoms. The number of nitriles is 1. The zero-order valence-corrected chi connectivity index (χ0v) is 10.2. The fourth-order valence-corrected chi connectivity index (χ4v) is 2.21. The fraction of sp³-hybridized carbons (Fsp3) is 0.308. The maximum atomic E-state index is 12.1. The molecule has 2 N–H and O–H groups in total. The van der Waals surface area contributed by atoms with E-state index in [2.05, 4.69) is 5.32 Å². The first-order valence-corrected chi connectivity index (χ1v) is 5.88. The summed E-state index contributed by atoms with van der Waals surface area (Å²) < 4.78 is 0. The van der Waals surface area contributed by atoms with Crippen LogP contribution in [0.5, 0.6) is 0 Å². The molecule has 2 rings (SSSR count). The average Bonchev–Trinajstić information content (AvgIpc) is 2.83. The molecule has 1 heterocycles. The van der Waals surface area contributed by atoms with Crippen molar-refractivity contribution in [1.82, 2.24) is 10.2 Å². The highest BCUT2D eigenvalue weighted by molar-refractivity contribution is 5.97. The zero-order valence-electron chi connectivity index (χ0n) is 10.2. The summed E-state index contributed by atoms with van der Waals surface area (Å²) >= 11 is 0. The molecule has 6 nitrogen and oxygen atoms in total. The molecule has 0 unspecified atom stereocenters. The second-order valence-corrected chi connectivity index (χ2v) is 4.34. The summed E-state index contributed by atoms with van der Waals surface area (Å²) in [5.74, 6) is -1.71. The fourth-order valence-electron chi connectivity index (χ4n) is 2.21. The third-order valence-electron chi connectivity index (χ3n) is 3.21. The largest absolute Gasteiger partial charge is 0.478 e. The van der Waals surface area contributed by atoms with E-state index >= 15 is 0 Å². The molecular formula is C13H13N3O3. The van der Waals surface area contributed by atoms with Gasteiger partial charge >= 0.3 is 5.97 Å². The molecule has 1 amide bonds. The number of carboxylic acid groups (broad SMARTS) is 1. The Hall–Kier alpha value is -2.55. The van der Waals surface area contributed by atoms with Crippen LogP contribution in [0.1, 0.15) is 23.2 Å². The van der Waals surface area contributed by atoms with Crippen LogP contribution in [0.2, 0.25) is 0 Å². The Labute approximate surface area is 110 Å². The Balaban J connectivity index is 2.26. The lowest BCUT2D eigenvalue weighted by Crippen LogP contribution is -2.61. The Morgan fingerprint density at radius 3 is 2.63 bits per heavy atom. The molecule has 0 aromatic heterocycles. The molecule has 0 bridgehead atoms. The van der Waals surface area contributed by atoms with Gasteiger partial charge in [-0.25, -0.2) is 4.79 Å². The zero-order chi connectivity index (χ0) is 13.9. The summed E-state index contributed by atoms with van der Waals surface area (Å²) in [6.45, 7) is 0.331. The Morgan fingerprint density at radius 1 is 1.37 bits per heavy atom. The van der Waals surface area contributed by atoms with E-state index in [9.17, 15) is 14.7 Å². The average molecular weight is 259 g/mol. The van der Waals surface area contributed by atoms with Gasteiger partial charge in [0.25, 0.3) is 5.91 Å². The van der Waals surface area contributed by atoms with Gasteiger partial charge in [-0.1, -0.05) is 18.2 Å². The van der Waals surface area contributed by atoms with Crippen molar-refractivity contribution >= 4 is 11.9 Å². The van der Waals surface area contributed by atoms with E-state index in [1.54, 1.807) is 30.3 Å². The van der Waals surface area contributed by atoms with Crippen LogP contribution in [0, 0.1) is 11.5 Å². The van der Waals surface area contributed by atoms with Crippen LogP contribution in [0.3, 0.4) is 0 Å². The molecule has 0 radical (unpaired) electrons. The molecule has 1 aliphatic rings. The molecule has 1 aliphatic heterocycles. The Morgan fingerprint density at radius 2 is 2.05 bits per heavy atom. The number of rotatable bonds is 3. The standard InChI is InChI=1S/C13H13N3O3/c14-9-16-8-4-7-13(16,12(18)19)15-11(17)10-5-2-1-3-6-10/h1-3,5-6H,4,7-8H2,(H,15,17)(H,18,19)/t13-/m0/s1. The van der Waals surface area contributed by atoms with Crippen LogP contribution in [-0.2, 0) is 4.79 Å². The van der Waals surface area contributed by atoms with Crippen molar-refractivity contribution in [1.29, 1.82) is 5.26 Å². The summed E-state index contributed by atoms with van der Waals surface area (Å²) in [5.41, 5.74) is -1.25. The van der Waals surface area contributed by atoms with Gasteiger partial charge in [-0.15, -0.1) is 0 Å². The number of carbonyl (C=O) groups excluding carboxylic acids is 1. The van der Waals surface area contributed by atoms with Crippen molar-refractivity contribution in [2.75, 3.05) is 6.54 Å². The second-order valence-electron chi connectivity index (χ2n) is 4.34. The quantitative estimate of drug-likeness (QED) is 0.782. The summed E-state index contributed by atoms with van der Waals surface area (Å²) in [4.78, 5) is 24.6. The predicted octanol–water partition coefficient (Wildman–Crippen LogP) is 0.774.